The molecule has 1 aromatic heterocycles. The molecule has 1 unspecified atom stereocenters. The van der Waals surface area contributed by atoms with E-state index in [9.17, 15) is 0 Å². The number of likely N-dealkylation sites (tertiary alicyclic amines) is 1. The van der Waals surface area contributed by atoms with Crippen molar-refractivity contribution in [1.82, 2.24) is 25.2 Å². The van der Waals surface area contributed by atoms with Gasteiger partial charge in [0.15, 0.2) is 0 Å². The largest absolute Gasteiger partial charge is 0.308 e. The molecular formula is C14H25N5. The molecule has 1 saturated carbocycles. The third-order valence-electron chi connectivity index (χ3n) is 4.32. The third kappa shape index (κ3) is 3.54. The number of aromatic nitrogens is 3. The molecule has 1 N–H and O–H groups in total. The Bertz CT molecular complexity index is 398. The minimum atomic E-state index is 0.736. The number of nitrogens with one attached hydrogen (secondary N) is 1. The van der Waals surface area contributed by atoms with Crippen LogP contribution >= 0.6 is 0 Å². The van der Waals surface area contributed by atoms with Crippen LogP contribution in [0.25, 0.3) is 0 Å². The summed E-state index contributed by atoms with van der Waals surface area (Å²) in [6.07, 6.45) is 8.72. The molecule has 0 bridgehead atoms. The van der Waals surface area contributed by atoms with Gasteiger partial charge in [-0.3, -0.25) is 9.58 Å². The molecule has 2 heterocycles. The molecule has 0 radical (unpaired) electrons. The second-order valence-electron chi connectivity index (χ2n) is 5.87. The third-order valence-corrected chi connectivity index (χ3v) is 4.32. The zero-order valence-corrected chi connectivity index (χ0v) is 11.9. The minimum absolute atomic E-state index is 0.736. The molecule has 5 nitrogen and oxygen atoms in total. The zero-order valence-electron chi connectivity index (χ0n) is 11.9. The fraction of sp³-hybridized carbons (Fsp3) is 0.857. The fourth-order valence-corrected chi connectivity index (χ4v) is 2.95. The summed E-state index contributed by atoms with van der Waals surface area (Å²) < 4.78 is 1.99. The summed E-state index contributed by atoms with van der Waals surface area (Å²) in [5.74, 6) is 0. The highest BCUT2D eigenvalue weighted by molar-refractivity contribution is 4.94. The molecule has 106 valence electrons. The van der Waals surface area contributed by atoms with Crippen LogP contribution in [0.4, 0.5) is 0 Å². The van der Waals surface area contributed by atoms with Crippen molar-refractivity contribution < 1.29 is 0 Å². The highest BCUT2D eigenvalue weighted by atomic mass is 15.4. The molecule has 0 aromatic carbocycles. The van der Waals surface area contributed by atoms with Crippen LogP contribution in [0.1, 0.15) is 44.7 Å². The van der Waals surface area contributed by atoms with Gasteiger partial charge in [0.05, 0.1) is 12.2 Å². The van der Waals surface area contributed by atoms with E-state index in [2.05, 4.69) is 33.6 Å². The van der Waals surface area contributed by atoms with Crippen molar-refractivity contribution in [2.45, 2.75) is 64.2 Å². The van der Waals surface area contributed by atoms with E-state index >= 15 is 0 Å². The Morgan fingerprint density at radius 2 is 2.21 bits per heavy atom. The van der Waals surface area contributed by atoms with E-state index in [0.717, 1.165) is 37.4 Å². The van der Waals surface area contributed by atoms with Gasteiger partial charge in [-0.25, -0.2) is 0 Å². The maximum absolute atomic E-state index is 4.23. The monoisotopic (exact) mass is 263 g/mol. The van der Waals surface area contributed by atoms with Crippen molar-refractivity contribution in [3.8, 4) is 0 Å². The molecule has 1 aromatic rings. The molecule has 0 amide bonds. The summed E-state index contributed by atoms with van der Waals surface area (Å²) in [5, 5.41) is 11.9. The topological polar surface area (TPSA) is 46.0 Å². The first kappa shape index (κ1) is 13.1. The van der Waals surface area contributed by atoms with E-state index in [1.165, 1.54) is 38.6 Å². The molecule has 3 rings (SSSR count). The summed E-state index contributed by atoms with van der Waals surface area (Å²) in [6.45, 7) is 6.49. The second kappa shape index (κ2) is 6.01. The van der Waals surface area contributed by atoms with Crippen molar-refractivity contribution in [2.24, 2.45) is 0 Å². The van der Waals surface area contributed by atoms with E-state index in [-0.39, 0.29) is 0 Å². The predicted octanol–water partition coefficient (Wildman–Crippen LogP) is 1.40. The molecule has 1 aliphatic carbocycles. The van der Waals surface area contributed by atoms with Gasteiger partial charge in [0.2, 0.25) is 0 Å². The Morgan fingerprint density at radius 1 is 1.32 bits per heavy atom. The van der Waals surface area contributed by atoms with Crippen LogP contribution in [0.5, 0.6) is 0 Å². The molecule has 1 aliphatic heterocycles. The minimum Gasteiger partial charge on any atom is -0.308 e. The van der Waals surface area contributed by atoms with Gasteiger partial charge in [-0.1, -0.05) is 12.1 Å². The Labute approximate surface area is 115 Å². The lowest BCUT2D eigenvalue weighted by Gasteiger charge is -2.22. The molecule has 1 saturated heterocycles. The Kier molecular flexibility index (Phi) is 4.13. The lowest BCUT2D eigenvalue weighted by atomic mass is 10.2. The lowest BCUT2D eigenvalue weighted by molar-refractivity contribution is 0.234. The Hall–Kier alpha value is -0.940. The highest BCUT2D eigenvalue weighted by Gasteiger charge is 2.22. The molecule has 1 atom stereocenters. The van der Waals surface area contributed by atoms with Gasteiger partial charge in [-0.05, 0) is 38.6 Å². The summed E-state index contributed by atoms with van der Waals surface area (Å²) in [5.41, 5.74) is 1.07. The number of nitrogens with zero attached hydrogens (tertiary/aromatic N) is 4. The second-order valence-corrected chi connectivity index (χ2v) is 5.87. The van der Waals surface area contributed by atoms with Gasteiger partial charge in [0.1, 0.15) is 0 Å². The first-order chi connectivity index (χ1) is 9.35. The van der Waals surface area contributed by atoms with E-state index in [0.29, 0.717) is 0 Å². The zero-order chi connectivity index (χ0) is 13.1. The van der Waals surface area contributed by atoms with Gasteiger partial charge < -0.3 is 5.32 Å². The predicted molar refractivity (Wildman–Crippen MR) is 74.8 cm³/mol. The van der Waals surface area contributed by atoms with Crippen molar-refractivity contribution in [3.63, 3.8) is 0 Å². The van der Waals surface area contributed by atoms with Crippen molar-refractivity contribution >= 4 is 0 Å². The van der Waals surface area contributed by atoms with Gasteiger partial charge in [-0.2, -0.15) is 0 Å². The van der Waals surface area contributed by atoms with Crippen LogP contribution in [0.3, 0.4) is 0 Å². The van der Waals surface area contributed by atoms with Crippen LogP contribution in [0, 0.1) is 0 Å². The molecule has 2 fully saturated rings. The van der Waals surface area contributed by atoms with Crippen LogP contribution in [0.2, 0.25) is 0 Å². The van der Waals surface area contributed by atoms with Crippen molar-refractivity contribution in [1.29, 1.82) is 0 Å². The molecule has 19 heavy (non-hydrogen) atoms. The fourth-order valence-electron chi connectivity index (χ4n) is 2.95. The van der Waals surface area contributed by atoms with Crippen LogP contribution < -0.4 is 5.32 Å². The number of rotatable bonds is 7. The summed E-state index contributed by atoms with van der Waals surface area (Å²) >= 11 is 0. The van der Waals surface area contributed by atoms with E-state index in [4.69, 9.17) is 0 Å². The molecule has 0 spiro atoms. The van der Waals surface area contributed by atoms with Gasteiger partial charge in [0.25, 0.3) is 0 Å². The van der Waals surface area contributed by atoms with Crippen LogP contribution in [0.15, 0.2) is 6.20 Å². The average Bonchev–Trinajstić information content (AvgIpc) is 2.97. The summed E-state index contributed by atoms with van der Waals surface area (Å²) in [7, 11) is 0. The Balaban J connectivity index is 1.44. The highest BCUT2D eigenvalue weighted by Crippen LogP contribution is 2.20. The quantitative estimate of drug-likeness (QED) is 0.808. The van der Waals surface area contributed by atoms with Gasteiger partial charge in [0, 0.05) is 31.4 Å². The maximum Gasteiger partial charge on any atom is 0.0964 e. The lowest BCUT2D eigenvalue weighted by Crippen LogP contribution is -2.32. The summed E-state index contributed by atoms with van der Waals surface area (Å²) in [6, 6.07) is 1.53. The van der Waals surface area contributed by atoms with E-state index in [1.807, 2.05) is 4.68 Å². The van der Waals surface area contributed by atoms with E-state index in [1.54, 1.807) is 0 Å². The molecule has 2 aliphatic rings. The van der Waals surface area contributed by atoms with Crippen molar-refractivity contribution in [2.75, 3.05) is 13.1 Å². The standard InChI is InChI=1S/C14H25N5/c1-2-14-4-3-7-18(14)8-9-19-11-13(16-17-19)10-15-12-5-6-12/h11-12,14-15H,2-10H2,1H3. The molecule has 5 heteroatoms. The maximum atomic E-state index is 4.23. The smallest absolute Gasteiger partial charge is 0.0964 e. The number of hydrogen-bond acceptors (Lipinski definition) is 4. The summed E-state index contributed by atoms with van der Waals surface area (Å²) in [4.78, 5) is 2.60. The normalized spacial score (nSPS) is 24.2. The average molecular weight is 263 g/mol. The molecular weight excluding hydrogens is 238 g/mol. The Morgan fingerprint density at radius 3 is 3.00 bits per heavy atom. The van der Waals surface area contributed by atoms with E-state index < -0.39 is 0 Å². The SMILES string of the molecule is CCC1CCCN1CCn1cc(CNC2CC2)nn1. The van der Waals surface area contributed by atoms with Gasteiger partial charge in [-0.15, -0.1) is 5.10 Å². The first-order valence-corrected chi connectivity index (χ1v) is 7.71. The number of hydrogen-bond donors (Lipinski definition) is 1. The first-order valence-electron chi connectivity index (χ1n) is 7.71. The van der Waals surface area contributed by atoms with Crippen LogP contribution in [-0.4, -0.2) is 45.1 Å². The van der Waals surface area contributed by atoms with Crippen molar-refractivity contribution in [3.05, 3.63) is 11.9 Å². The van der Waals surface area contributed by atoms with Crippen LogP contribution in [-0.2, 0) is 13.1 Å². The van der Waals surface area contributed by atoms with Gasteiger partial charge >= 0.3 is 0 Å².